The molecule has 0 amide bonds. The molecule has 106 valence electrons. The standard InChI is InChI=1S/C16H15N3O2/c20-11-10-19-12-17-16(18-19)14-8-4-5-9-15(14)21-13-6-2-1-3-7-13/h1-9,12,20H,10-11H2. The first kappa shape index (κ1) is 13.3. The van der Waals surface area contributed by atoms with Gasteiger partial charge in [0.1, 0.15) is 17.8 Å². The second-order valence-corrected chi connectivity index (χ2v) is 4.47. The summed E-state index contributed by atoms with van der Waals surface area (Å²) in [5.41, 5.74) is 0.818. The van der Waals surface area contributed by atoms with Gasteiger partial charge in [-0.05, 0) is 24.3 Å². The van der Waals surface area contributed by atoms with Crippen molar-refractivity contribution in [2.24, 2.45) is 0 Å². The van der Waals surface area contributed by atoms with Crippen molar-refractivity contribution in [2.45, 2.75) is 6.54 Å². The number of aliphatic hydroxyl groups excluding tert-OH is 1. The normalized spacial score (nSPS) is 10.5. The highest BCUT2D eigenvalue weighted by atomic mass is 16.5. The highest BCUT2D eigenvalue weighted by Crippen LogP contribution is 2.30. The second-order valence-electron chi connectivity index (χ2n) is 4.47. The van der Waals surface area contributed by atoms with E-state index in [0.717, 1.165) is 11.3 Å². The molecule has 1 aromatic heterocycles. The summed E-state index contributed by atoms with van der Waals surface area (Å²) in [6.07, 6.45) is 1.60. The first-order valence-electron chi connectivity index (χ1n) is 6.69. The highest BCUT2D eigenvalue weighted by molar-refractivity contribution is 5.64. The maximum absolute atomic E-state index is 8.94. The molecule has 1 N–H and O–H groups in total. The highest BCUT2D eigenvalue weighted by Gasteiger charge is 2.11. The zero-order chi connectivity index (χ0) is 14.5. The average Bonchev–Trinajstić information content (AvgIpc) is 2.98. The fourth-order valence-electron chi connectivity index (χ4n) is 1.98. The molecule has 0 fully saturated rings. The molecule has 0 aliphatic rings. The van der Waals surface area contributed by atoms with Crippen molar-refractivity contribution in [1.82, 2.24) is 14.8 Å². The molecule has 21 heavy (non-hydrogen) atoms. The Morgan fingerprint density at radius 2 is 1.76 bits per heavy atom. The van der Waals surface area contributed by atoms with Crippen molar-refractivity contribution < 1.29 is 9.84 Å². The van der Waals surface area contributed by atoms with Gasteiger partial charge in [-0.3, -0.25) is 4.68 Å². The van der Waals surface area contributed by atoms with Crippen molar-refractivity contribution in [3.8, 4) is 22.9 Å². The van der Waals surface area contributed by atoms with Gasteiger partial charge in [0.2, 0.25) is 0 Å². The van der Waals surface area contributed by atoms with E-state index in [0.29, 0.717) is 18.1 Å². The van der Waals surface area contributed by atoms with E-state index in [1.54, 1.807) is 11.0 Å². The summed E-state index contributed by atoms with van der Waals surface area (Å²) < 4.78 is 7.50. The van der Waals surface area contributed by atoms with E-state index >= 15 is 0 Å². The van der Waals surface area contributed by atoms with Crippen LogP contribution in [0.2, 0.25) is 0 Å². The van der Waals surface area contributed by atoms with Crippen LogP contribution in [0, 0.1) is 0 Å². The van der Waals surface area contributed by atoms with Gasteiger partial charge in [-0.1, -0.05) is 30.3 Å². The smallest absolute Gasteiger partial charge is 0.184 e. The molecule has 0 atom stereocenters. The largest absolute Gasteiger partial charge is 0.457 e. The van der Waals surface area contributed by atoms with Crippen molar-refractivity contribution >= 4 is 0 Å². The van der Waals surface area contributed by atoms with Gasteiger partial charge < -0.3 is 9.84 Å². The summed E-state index contributed by atoms with van der Waals surface area (Å²) in [5, 5.41) is 13.3. The molecule has 0 saturated heterocycles. The molecule has 0 saturated carbocycles. The monoisotopic (exact) mass is 281 g/mol. The molecule has 3 rings (SSSR count). The van der Waals surface area contributed by atoms with Crippen molar-refractivity contribution in [1.29, 1.82) is 0 Å². The van der Waals surface area contributed by atoms with E-state index in [1.165, 1.54) is 0 Å². The van der Waals surface area contributed by atoms with Crippen LogP contribution in [0.3, 0.4) is 0 Å². The topological polar surface area (TPSA) is 60.2 Å². The molecule has 0 bridgehead atoms. The van der Waals surface area contributed by atoms with E-state index in [2.05, 4.69) is 10.1 Å². The molecule has 0 aliphatic carbocycles. The van der Waals surface area contributed by atoms with Crippen LogP contribution in [0.4, 0.5) is 0 Å². The molecular formula is C16H15N3O2. The molecule has 5 nitrogen and oxygen atoms in total. The maximum atomic E-state index is 8.94. The van der Waals surface area contributed by atoms with Crippen LogP contribution in [0.25, 0.3) is 11.4 Å². The van der Waals surface area contributed by atoms with E-state index in [4.69, 9.17) is 9.84 Å². The zero-order valence-corrected chi connectivity index (χ0v) is 11.4. The van der Waals surface area contributed by atoms with Crippen LogP contribution in [-0.4, -0.2) is 26.5 Å². The predicted molar refractivity (Wildman–Crippen MR) is 79.1 cm³/mol. The molecule has 5 heteroatoms. The van der Waals surface area contributed by atoms with Gasteiger partial charge >= 0.3 is 0 Å². The summed E-state index contributed by atoms with van der Waals surface area (Å²) in [5.74, 6) is 2.04. The first-order chi connectivity index (χ1) is 10.4. The molecule has 2 aromatic carbocycles. The summed E-state index contributed by atoms with van der Waals surface area (Å²) in [6, 6.07) is 17.2. The average molecular weight is 281 g/mol. The number of aromatic nitrogens is 3. The number of aliphatic hydroxyl groups is 1. The Balaban J connectivity index is 1.91. The van der Waals surface area contributed by atoms with E-state index in [9.17, 15) is 0 Å². The molecule has 0 radical (unpaired) electrons. The zero-order valence-electron chi connectivity index (χ0n) is 11.4. The van der Waals surface area contributed by atoms with Crippen LogP contribution in [0.1, 0.15) is 0 Å². The van der Waals surface area contributed by atoms with Crippen molar-refractivity contribution in [2.75, 3.05) is 6.61 Å². The summed E-state index contributed by atoms with van der Waals surface area (Å²) >= 11 is 0. The Bertz CT molecular complexity index is 710. The third-order valence-corrected chi connectivity index (χ3v) is 2.96. The molecule has 1 heterocycles. The number of nitrogens with zero attached hydrogens (tertiary/aromatic N) is 3. The van der Waals surface area contributed by atoms with Crippen LogP contribution in [-0.2, 0) is 6.54 Å². The summed E-state index contributed by atoms with van der Waals surface area (Å²) in [7, 11) is 0. The quantitative estimate of drug-likeness (QED) is 0.781. The summed E-state index contributed by atoms with van der Waals surface area (Å²) in [6.45, 7) is 0.458. The lowest BCUT2D eigenvalue weighted by Crippen LogP contribution is -2.02. The number of benzene rings is 2. The Morgan fingerprint density at radius 1 is 1.00 bits per heavy atom. The molecule has 0 spiro atoms. The van der Waals surface area contributed by atoms with Crippen molar-refractivity contribution in [3.63, 3.8) is 0 Å². The Hall–Kier alpha value is -2.66. The Morgan fingerprint density at radius 3 is 2.57 bits per heavy atom. The molecule has 0 aliphatic heterocycles. The molecule has 3 aromatic rings. The fourth-order valence-corrected chi connectivity index (χ4v) is 1.98. The van der Waals surface area contributed by atoms with Gasteiger partial charge in [0.05, 0.1) is 18.7 Å². The van der Waals surface area contributed by atoms with Gasteiger partial charge in [-0.25, -0.2) is 4.98 Å². The minimum Gasteiger partial charge on any atom is -0.457 e. The number of ether oxygens (including phenoxy) is 1. The summed E-state index contributed by atoms with van der Waals surface area (Å²) in [4.78, 5) is 4.27. The van der Waals surface area contributed by atoms with Gasteiger partial charge in [-0.2, -0.15) is 5.10 Å². The molecule has 0 unspecified atom stereocenters. The van der Waals surface area contributed by atoms with Gasteiger partial charge in [0.15, 0.2) is 5.82 Å². The van der Waals surface area contributed by atoms with Gasteiger partial charge in [-0.15, -0.1) is 0 Å². The minimum absolute atomic E-state index is 0.0327. The number of hydrogen-bond acceptors (Lipinski definition) is 4. The number of hydrogen-bond donors (Lipinski definition) is 1. The van der Waals surface area contributed by atoms with Crippen molar-refractivity contribution in [3.05, 3.63) is 60.9 Å². The van der Waals surface area contributed by atoms with Gasteiger partial charge in [0, 0.05) is 0 Å². The van der Waals surface area contributed by atoms with E-state index in [-0.39, 0.29) is 6.61 Å². The number of rotatable bonds is 5. The fraction of sp³-hybridized carbons (Fsp3) is 0.125. The van der Waals surface area contributed by atoms with Gasteiger partial charge in [0.25, 0.3) is 0 Å². The van der Waals surface area contributed by atoms with Crippen LogP contribution >= 0.6 is 0 Å². The third-order valence-electron chi connectivity index (χ3n) is 2.96. The van der Waals surface area contributed by atoms with E-state index < -0.39 is 0 Å². The van der Waals surface area contributed by atoms with E-state index in [1.807, 2.05) is 54.6 Å². The van der Waals surface area contributed by atoms with Crippen LogP contribution in [0.15, 0.2) is 60.9 Å². The number of para-hydroxylation sites is 2. The SMILES string of the molecule is OCCn1cnc(-c2ccccc2Oc2ccccc2)n1. The predicted octanol–water partition coefficient (Wildman–Crippen LogP) is 2.73. The first-order valence-corrected chi connectivity index (χ1v) is 6.69. The third kappa shape index (κ3) is 3.09. The van der Waals surface area contributed by atoms with Crippen LogP contribution in [0.5, 0.6) is 11.5 Å². The molecular weight excluding hydrogens is 266 g/mol. The lowest BCUT2D eigenvalue weighted by atomic mass is 10.2. The Kier molecular flexibility index (Phi) is 3.93. The second kappa shape index (κ2) is 6.19. The lowest BCUT2D eigenvalue weighted by molar-refractivity contribution is 0.269. The van der Waals surface area contributed by atoms with Crippen LogP contribution < -0.4 is 4.74 Å². The maximum Gasteiger partial charge on any atom is 0.184 e. The Labute approximate surface area is 122 Å². The lowest BCUT2D eigenvalue weighted by Gasteiger charge is -2.08. The minimum atomic E-state index is 0.0327.